The lowest BCUT2D eigenvalue weighted by Crippen LogP contribution is -2.32. The molecule has 0 spiro atoms. The summed E-state index contributed by atoms with van der Waals surface area (Å²) in [5, 5.41) is 10.9. The van der Waals surface area contributed by atoms with E-state index in [4.69, 9.17) is 5.73 Å². The fourth-order valence-corrected chi connectivity index (χ4v) is 3.68. The van der Waals surface area contributed by atoms with E-state index in [-0.39, 0.29) is 21.7 Å². The number of nitrogen functional groups attached to an aromatic ring is 1. The number of nitrogens with two attached hydrogens (primary N) is 1. The zero-order valence-electron chi connectivity index (χ0n) is 8.76. The molecular weight excluding hydrogens is 236 g/mol. The molecule has 0 aliphatic rings. The minimum absolute atomic E-state index is 0.0933. The standard InChI is InChI=1S/C8H14N2O3S2/c1-5(2)10(3)15(12,13)8-7(11)6(9)4-14-8/h4-5,11H,9H2,1-3H3. The minimum atomic E-state index is -3.63. The van der Waals surface area contributed by atoms with Crippen LogP contribution in [-0.4, -0.2) is 30.9 Å². The van der Waals surface area contributed by atoms with Crippen LogP contribution < -0.4 is 5.73 Å². The molecule has 0 fully saturated rings. The molecule has 3 N–H and O–H groups in total. The molecular formula is C8H14N2O3S2. The van der Waals surface area contributed by atoms with Crippen molar-refractivity contribution in [1.29, 1.82) is 0 Å². The molecule has 0 amide bonds. The summed E-state index contributed by atoms with van der Waals surface area (Å²) in [6.45, 7) is 3.51. The third kappa shape index (κ3) is 2.09. The lowest BCUT2D eigenvalue weighted by atomic mass is 10.4. The van der Waals surface area contributed by atoms with Gasteiger partial charge in [0.25, 0.3) is 10.0 Å². The summed E-state index contributed by atoms with van der Waals surface area (Å²) in [4.78, 5) is 0. The number of nitrogens with zero attached hydrogens (tertiary/aromatic N) is 1. The largest absolute Gasteiger partial charge is 0.504 e. The maximum atomic E-state index is 11.9. The highest BCUT2D eigenvalue weighted by Gasteiger charge is 2.28. The molecule has 0 bridgehead atoms. The molecule has 1 aromatic rings. The SMILES string of the molecule is CC(C)N(C)S(=O)(=O)c1scc(N)c1O. The van der Waals surface area contributed by atoms with E-state index in [1.165, 1.54) is 16.7 Å². The first-order valence-electron chi connectivity index (χ1n) is 4.32. The van der Waals surface area contributed by atoms with Gasteiger partial charge in [-0.25, -0.2) is 8.42 Å². The summed E-state index contributed by atoms with van der Waals surface area (Å²) in [6.07, 6.45) is 0. The highest BCUT2D eigenvalue weighted by molar-refractivity contribution is 7.91. The second-order valence-corrected chi connectivity index (χ2v) is 6.51. The Kier molecular flexibility index (Phi) is 3.27. The maximum absolute atomic E-state index is 11.9. The number of sulfonamides is 1. The van der Waals surface area contributed by atoms with Gasteiger partial charge in [0, 0.05) is 18.5 Å². The van der Waals surface area contributed by atoms with Crippen LogP contribution in [0.5, 0.6) is 5.75 Å². The summed E-state index contributed by atoms with van der Waals surface area (Å²) in [7, 11) is -2.16. The van der Waals surface area contributed by atoms with Crippen molar-refractivity contribution in [3.63, 3.8) is 0 Å². The van der Waals surface area contributed by atoms with Crippen molar-refractivity contribution < 1.29 is 13.5 Å². The van der Waals surface area contributed by atoms with Crippen LogP contribution in [0.4, 0.5) is 5.69 Å². The van der Waals surface area contributed by atoms with Crippen molar-refractivity contribution in [2.75, 3.05) is 12.8 Å². The molecule has 7 heteroatoms. The first kappa shape index (κ1) is 12.3. The average molecular weight is 250 g/mol. The number of hydrogen-bond donors (Lipinski definition) is 2. The van der Waals surface area contributed by atoms with Crippen molar-refractivity contribution in [2.45, 2.75) is 24.1 Å². The van der Waals surface area contributed by atoms with Crippen molar-refractivity contribution in [2.24, 2.45) is 0 Å². The molecule has 1 rings (SSSR count). The van der Waals surface area contributed by atoms with Crippen molar-refractivity contribution in [3.8, 4) is 5.75 Å². The molecule has 0 atom stereocenters. The van der Waals surface area contributed by atoms with Gasteiger partial charge in [-0.1, -0.05) is 0 Å². The summed E-state index contributed by atoms with van der Waals surface area (Å²) < 4.78 is 24.9. The monoisotopic (exact) mass is 250 g/mol. The molecule has 0 saturated heterocycles. The fraction of sp³-hybridized carbons (Fsp3) is 0.500. The molecule has 0 radical (unpaired) electrons. The van der Waals surface area contributed by atoms with Gasteiger partial charge in [-0.15, -0.1) is 11.3 Å². The van der Waals surface area contributed by atoms with E-state index in [1.807, 2.05) is 0 Å². The normalized spacial score (nSPS) is 12.6. The summed E-state index contributed by atoms with van der Waals surface area (Å²) in [5.41, 5.74) is 5.48. The van der Waals surface area contributed by atoms with Gasteiger partial charge in [-0.05, 0) is 13.8 Å². The highest BCUT2D eigenvalue weighted by Crippen LogP contribution is 2.37. The molecule has 0 aromatic carbocycles. The Hall–Kier alpha value is -0.790. The van der Waals surface area contributed by atoms with Crippen molar-refractivity contribution in [1.82, 2.24) is 4.31 Å². The first-order valence-corrected chi connectivity index (χ1v) is 6.64. The van der Waals surface area contributed by atoms with E-state index in [0.717, 1.165) is 11.3 Å². The summed E-state index contributed by atoms with van der Waals surface area (Å²) >= 11 is 0.924. The van der Waals surface area contributed by atoms with Gasteiger partial charge >= 0.3 is 0 Å². The number of rotatable bonds is 3. The zero-order chi connectivity index (χ0) is 11.8. The van der Waals surface area contributed by atoms with E-state index in [1.54, 1.807) is 13.8 Å². The van der Waals surface area contributed by atoms with Gasteiger partial charge in [-0.2, -0.15) is 4.31 Å². The van der Waals surface area contributed by atoms with Crippen LogP contribution in [0.25, 0.3) is 0 Å². The Bertz CT molecular complexity index is 450. The maximum Gasteiger partial charge on any atom is 0.256 e. The number of aromatic hydroxyl groups is 1. The van der Waals surface area contributed by atoms with E-state index in [2.05, 4.69) is 0 Å². The van der Waals surface area contributed by atoms with Crippen molar-refractivity contribution in [3.05, 3.63) is 5.38 Å². The third-order valence-corrected chi connectivity index (χ3v) is 5.64. The number of thiophene rings is 1. The first-order chi connectivity index (χ1) is 6.78. The van der Waals surface area contributed by atoms with Crippen LogP contribution in [0.1, 0.15) is 13.8 Å². The van der Waals surface area contributed by atoms with Gasteiger partial charge in [-0.3, -0.25) is 0 Å². The molecule has 5 nitrogen and oxygen atoms in total. The van der Waals surface area contributed by atoms with E-state index in [0.29, 0.717) is 0 Å². The predicted molar refractivity (Wildman–Crippen MR) is 60.5 cm³/mol. The molecule has 0 aliphatic heterocycles. The molecule has 15 heavy (non-hydrogen) atoms. The van der Waals surface area contributed by atoms with Gasteiger partial charge in [0.2, 0.25) is 0 Å². The Morgan fingerprint density at radius 2 is 2.07 bits per heavy atom. The zero-order valence-corrected chi connectivity index (χ0v) is 10.4. The second kappa shape index (κ2) is 3.99. The van der Waals surface area contributed by atoms with Crippen LogP contribution in [-0.2, 0) is 10.0 Å². The summed E-state index contributed by atoms with van der Waals surface area (Å²) in [6, 6.07) is -0.169. The molecule has 86 valence electrons. The Morgan fingerprint density at radius 1 is 1.53 bits per heavy atom. The average Bonchev–Trinajstić information content (AvgIpc) is 2.46. The van der Waals surface area contributed by atoms with Crippen molar-refractivity contribution >= 4 is 27.0 Å². The number of anilines is 1. The Labute approximate surface area is 93.2 Å². The highest BCUT2D eigenvalue weighted by atomic mass is 32.2. The second-order valence-electron chi connectivity index (χ2n) is 3.44. The van der Waals surface area contributed by atoms with Crippen LogP contribution in [0.2, 0.25) is 0 Å². The Morgan fingerprint density at radius 3 is 2.40 bits per heavy atom. The smallest absolute Gasteiger partial charge is 0.256 e. The van der Waals surface area contributed by atoms with Gasteiger partial charge in [0.05, 0.1) is 5.69 Å². The quantitative estimate of drug-likeness (QED) is 0.840. The lowest BCUT2D eigenvalue weighted by molar-refractivity contribution is 0.406. The molecule has 1 aromatic heterocycles. The van der Waals surface area contributed by atoms with Crippen LogP contribution in [0.3, 0.4) is 0 Å². The van der Waals surface area contributed by atoms with Crippen LogP contribution in [0, 0.1) is 0 Å². The van der Waals surface area contributed by atoms with E-state index < -0.39 is 10.0 Å². The Balaban J connectivity index is 3.24. The minimum Gasteiger partial charge on any atom is -0.504 e. The lowest BCUT2D eigenvalue weighted by Gasteiger charge is -2.19. The van der Waals surface area contributed by atoms with Crippen LogP contribution in [0.15, 0.2) is 9.59 Å². The number of hydrogen-bond acceptors (Lipinski definition) is 5. The van der Waals surface area contributed by atoms with E-state index in [9.17, 15) is 13.5 Å². The van der Waals surface area contributed by atoms with Gasteiger partial charge in [0.15, 0.2) is 9.96 Å². The molecule has 0 aliphatic carbocycles. The van der Waals surface area contributed by atoms with E-state index >= 15 is 0 Å². The molecule has 0 saturated carbocycles. The topological polar surface area (TPSA) is 83.6 Å². The van der Waals surface area contributed by atoms with Gasteiger partial charge in [0.1, 0.15) is 0 Å². The summed E-state index contributed by atoms with van der Waals surface area (Å²) in [5.74, 6) is -0.354. The van der Waals surface area contributed by atoms with Crippen LogP contribution >= 0.6 is 11.3 Å². The fourth-order valence-electron chi connectivity index (χ4n) is 0.938. The molecule has 1 heterocycles. The predicted octanol–water partition coefficient (Wildman–Crippen LogP) is 1.06. The van der Waals surface area contributed by atoms with Gasteiger partial charge < -0.3 is 10.8 Å². The third-order valence-electron chi connectivity index (χ3n) is 2.10. The molecule has 0 unspecified atom stereocenters.